The third-order valence-corrected chi connectivity index (χ3v) is 8.18. The summed E-state index contributed by atoms with van der Waals surface area (Å²) in [5.41, 5.74) is -1.70. The first kappa shape index (κ1) is 22.1. The SMILES string of the molecule is CC(=O)c1c(O)c(C)c(O)c2c1OC1=CC(=O)/C(=C(/C)N[C@@H]3CCS(=O)(=O)C3)C(=O)[C@]12C. The highest BCUT2D eigenvalue weighted by Gasteiger charge is 2.56. The first-order valence-electron chi connectivity index (χ1n) is 10.1. The van der Waals surface area contributed by atoms with Crippen molar-refractivity contribution < 1.29 is 37.8 Å². The number of hydrogen-bond acceptors (Lipinski definition) is 9. The summed E-state index contributed by atoms with van der Waals surface area (Å²) in [5, 5.41) is 24.2. The fourth-order valence-electron chi connectivity index (χ4n) is 4.65. The minimum absolute atomic E-state index is 0.00972. The lowest BCUT2D eigenvalue weighted by atomic mass is 9.70. The van der Waals surface area contributed by atoms with Crippen LogP contribution in [0.1, 0.15) is 48.7 Å². The number of sulfone groups is 1. The third kappa shape index (κ3) is 2.96. The lowest BCUT2D eigenvalue weighted by Crippen LogP contribution is -2.42. The van der Waals surface area contributed by atoms with Crippen molar-refractivity contribution in [2.24, 2.45) is 0 Å². The molecule has 10 heteroatoms. The number of carbonyl (C=O) groups excluding carboxylic acids is 3. The molecule has 1 aliphatic carbocycles. The number of aromatic hydroxyl groups is 2. The van der Waals surface area contributed by atoms with Crippen molar-refractivity contribution in [3.63, 3.8) is 0 Å². The summed E-state index contributed by atoms with van der Waals surface area (Å²) in [6.45, 7) is 5.63. The zero-order valence-corrected chi connectivity index (χ0v) is 18.8. The Balaban J connectivity index is 1.87. The molecule has 1 aromatic carbocycles. The van der Waals surface area contributed by atoms with Crippen LogP contribution >= 0.6 is 0 Å². The van der Waals surface area contributed by atoms with Gasteiger partial charge in [-0.25, -0.2) is 8.42 Å². The second-order valence-electron chi connectivity index (χ2n) is 8.63. The van der Waals surface area contributed by atoms with Gasteiger partial charge in [-0.1, -0.05) is 0 Å². The Bertz CT molecular complexity index is 1290. The lowest BCUT2D eigenvalue weighted by Gasteiger charge is -2.29. The quantitative estimate of drug-likeness (QED) is 0.345. The van der Waals surface area contributed by atoms with Gasteiger partial charge in [-0.05, 0) is 34.1 Å². The summed E-state index contributed by atoms with van der Waals surface area (Å²) in [6.07, 6.45) is 1.49. The van der Waals surface area contributed by atoms with Gasteiger partial charge in [0.2, 0.25) is 0 Å². The number of phenols is 2. The van der Waals surface area contributed by atoms with Gasteiger partial charge in [-0.3, -0.25) is 14.4 Å². The Morgan fingerprint density at radius 3 is 2.44 bits per heavy atom. The van der Waals surface area contributed by atoms with Crippen molar-refractivity contribution in [1.29, 1.82) is 0 Å². The molecule has 1 saturated heterocycles. The van der Waals surface area contributed by atoms with Crippen LogP contribution in [0.3, 0.4) is 0 Å². The van der Waals surface area contributed by atoms with E-state index in [9.17, 15) is 33.0 Å². The minimum atomic E-state index is -3.17. The molecule has 170 valence electrons. The molecule has 0 bridgehead atoms. The zero-order chi connectivity index (χ0) is 23.7. The van der Waals surface area contributed by atoms with Crippen LogP contribution < -0.4 is 10.1 Å². The van der Waals surface area contributed by atoms with E-state index < -0.39 is 50.1 Å². The van der Waals surface area contributed by atoms with Gasteiger partial charge in [0.05, 0.1) is 22.6 Å². The van der Waals surface area contributed by atoms with Crippen LogP contribution in [0, 0.1) is 6.92 Å². The van der Waals surface area contributed by atoms with Crippen molar-refractivity contribution in [3.05, 3.63) is 39.8 Å². The highest BCUT2D eigenvalue weighted by Crippen LogP contribution is 2.57. The number of fused-ring (bicyclic) bond motifs is 3. The van der Waals surface area contributed by atoms with Crippen molar-refractivity contribution in [3.8, 4) is 17.2 Å². The molecular weight excluding hydrogens is 438 g/mol. The highest BCUT2D eigenvalue weighted by atomic mass is 32.2. The Hall–Kier alpha value is -3.14. The second kappa shape index (κ2) is 6.93. The van der Waals surface area contributed by atoms with Gasteiger partial charge in [0.25, 0.3) is 0 Å². The van der Waals surface area contributed by atoms with Gasteiger partial charge in [0, 0.05) is 23.4 Å². The lowest BCUT2D eigenvalue weighted by molar-refractivity contribution is -0.123. The number of ketones is 3. The van der Waals surface area contributed by atoms with E-state index in [1.807, 2.05) is 0 Å². The van der Waals surface area contributed by atoms with Gasteiger partial charge in [-0.2, -0.15) is 0 Å². The number of ether oxygens (including phenoxy) is 1. The topological polar surface area (TPSA) is 147 Å². The molecule has 2 heterocycles. The molecule has 2 atom stereocenters. The summed E-state index contributed by atoms with van der Waals surface area (Å²) < 4.78 is 29.2. The number of carbonyl (C=O) groups is 3. The fourth-order valence-corrected chi connectivity index (χ4v) is 6.32. The highest BCUT2D eigenvalue weighted by molar-refractivity contribution is 7.91. The molecule has 0 spiro atoms. The van der Waals surface area contributed by atoms with Crippen LogP contribution in [-0.4, -0.2) is 53.5 Å². The van der Waals surface area contributed by atoms with Gasteiger partial charge in [0.1, 0.15) is 34.0 Å². The predicted molar refractivity (Wildman–Crippen MR) is 113 cm³/mol. The van der Waals surface area contributed by atoms with E-state index in [4.69, 9.17) is 4.74 Å². The summed E-state index contributed by atoms with van der Waals surface area (Å²) in [6, 6.07) is -0.421. The first-order chi connectivity index (χ1) is 14.8. The number of nitrogens with one attached hydrogen (secondary N) is 1. The molecule has 0 amide bonds. The van der Waals surface area contributed by atoms with Crippen molar-refractivity contribution in [2.45, 2.75) is 45.6 Å². The average molecular weight is 461 g/mol. The third-order valence-electron chi connectivity index (χ3n) is 6.41. The summed E-state index contributed by atoms with van der Waals surface area (Å²) >= 11 is 0. The molecular formula is C22H23NO8S. The fraction of sp³-hybridized carbons (Fsp3) is 0.409. The first-order valence-corrected chi connectivity index (χ1v) is 11.9. The minimum Gasteiger partial charge on any atom is -0.507 e. The molecule has 32 heavy (non-hydrogen) atoms. The molecule has 4 rings (SSSR count). The van der Waals surface area contributed by atoms with Gasteiger partial charge < -0.3 is 20.3 Å². The van der Waals surface area contributed by atoms with Crippen LogP contribution in [0.25, 0.3) is 0 Å². The van der Waals surface area contributed by atoms with Crippen LogP contribution in [-0.2, 0) is 24.8 Å². The molecule has 3 N–H and O–H groups in total. The zero-order valence-electron chi connectivity index (χ0n) is 18.0. The molecule has 1 aromatic rings. The largest absolute Gasteiger partial charge is 0.507 e. The molecule has 0 radical (unpaired) electrons. The molecule has 0 saturated carbocycles. The number of rotatable bonds is 3. The van der Waals surface area contributed by atoms with Crippen LogP contribution in [0.15, 0.2) is 23.1 Å². The molecule has 3 aliphatic rings. The maximum Gasteiger partial charge on any atom is 0.194 e. The van der Waals surface area contributed by atoms with Crippen LogP contribution in [0.4, 0.5) is 0 Å². The Morgan fingerprint density at radius 1 is 1.22 bits per heavy atom. The summed E-state index contributed by atoms with van der Waals surface area (Å²) in [4.78, 5) is 38.7. The number of hydrogen-bond donors (Lipinski definition) is 3. The van der Waals surface area contributed by atoms with E-state index in [0.717, 1.165) is 6.08 Å². The Labute approximate surface area is 184 Å². The van der Waals surface area contributed by atoms with Crippen LogP contribution in [0.2, 0.25) is 0 Å². The second-order valence-corrected chi connectivity index (χ2v) is 10.9. The van der Waals surface area contributed by atoms with Crippen molar-refractivity contribution in [2.75, 3.05) is 11.5 Å². The van der Waals surface area contributed by atoms with E-state index >= 15 is 0 Å². The summed E-state index contributed by atoms with van der Waals surface area (Å²) in [7, 11) is -3.17. The number of phenolic OH excluding ortho intramolecular Hbond substituents is 2. The van der Waals surface area contributed by atoms with E-state index in [1.54, 1.807) is 0 Å². The maximum absolute atomic E-state index is 13.7. The number of Topliss-reactive ketones (excluding diaryl/α,β-unsaturated/α-hetero) is 2. The van der Waals surface area contributed by atoms with Crippen molar-refractivity contribution >= 4 is 27.2 Å². The van der Waals surface area contributed by atoms with Crippen LogP contribution in [0.5, 0.6) is 17.2 Å². The number of allylic oxidation sites excluding steroid dienone is 4. The van der Waals surface area contributed by atoms with Gasteiger partial charge in [0.15, 0.2) is 27.2 Å². The molecule has 1 fully saturated rings. The maximum atomic E-state index is 13.7. The molecule has 0 aromatic heterocycles. The van der Waals surface area contributed by atoms with Gasteiger partial charge >= 0.3 is 0 Å². The van der Waals surface area contributed by atoms with E-state index in [-0.39, 0.29) is 51.0 Å². The van der Waals surface area contributed by atoms with E-state index in [0.29, 0.717) is 6.42 Å². The molecule has 2 aliphatic heterocycles. The monoisotopic (exact) mass is 461 g/mol. The summed E-state index contributed by atoms with van der Waals surface area (Å²) in [5.74, 6) is -2.93. The average Bonchev–Trinajstić information content (AvgIpc) is 3.16. The number of benzene rings is 1. The van der Waals surface area contributed by atoms with E-state index in [1.165, 1.54) is 27.7 Å². The molecule has 0 unspecified atom stereocenters. The predicted octanol–water partition coefficient (Wildman–Crippen LogP) is 1.35. The Kier molecular flexibility index (Phi) is 4.78. The Morgan fingerprint density at radius 2 is 1.88 bits per heavy atom. The normalized spacial score (nSPS) is 27.4. The smallest absolute Gasteiger partial charge is 0.194 e. The van der Waals surface area contributed by atoms with Crippen molar-refractivity contribution in [1.82, 2.24) is 5.32 Å². The van der Waals surface area contributed by atoms with E-state index in [2.05, 4.69) is 5.32 Å². The molecule has 9 nitrogen and oxygen atoms in total. The standard InChI is InChI=1S/C22H23NO8S/c1-9-18(26)16(11(3)24)20-17(19(9)27)22(4)14(31-20)7-13(25)15(21(22)28)10(2)23-12-5-6-32(29,30)8-12/h7,12,23,26-27H,5-6,8H2,1-4H3/b15-10+/t12-,22-/m1/s1. The van der Waals surface area contributed by atoms with Gasteiger partial charge in [-0.15, -0.1) is 0 Å².